The highest BCUT2D eigenvalue weighted by Crippen LogP contribution is 2.08. The fraction of sp³-hybridized carbons (Fsp3) is 0.533. The number of carbonyl (C=O) groups excluding carboxylic acids is 1. The summed E-state index contributed by atoms with van der Waals surface area (Å²) in [4.78, 5) is 13.9. The number of hydrogen-bond donors (Lipinski definition) is 2. The number of amides is 1. The highest BCUT2D eigenvalue weighted by atomic mass is 16.3. The first-order valence-electron chi connectivity index (χ1n) is 6.97. The summed E-state index contributed by atoms with van der Waals surface area (Å²) in [6.07, 6.45) is 3.50. The van der Waals surface area contributed by atoms with Crippen LogP contribution < -0.4 is 5.32 Å². The van der Waals surface area contributed by atoms with Crippen molar-refractivity contribution in [3.8, 4) is 0 Å². The predicted octanol–water partition coefficient (Wildman–Crippen LogP) is 1.28. The van der Waals surface area contributed by atoms with E-state index in [1.54, 1.807) is 0 Å². The van der Waals surface area contributed by atoms with Crippen molar-refractivity contribution in [2.45, 2.75) is 32.4 Å². The topological polar surface area (TPSA) is 52.6 Å². The zero-order chi connectivity index (χ0) is 13.5. The summed E-state index contributed by atoms with van der Waals surface area (Å²) < 4.78 is 0. The van der Waals surface area contributed by atoms with Crippen molar-refractivity contribution < 1.29 is 9.90 Å². The normalized spacial score (nSPS) is 15.5. The summed E-state index contributed by atoms with van der Waals surface area (Å²) in [7, 11) is 0. The maximum atomic E-state index is 11.9. The van der Waals surface area contributed by atoms with Gasteiger partial charge in [0.1, 0.15) is 0 Å². The first-order chi connectivity index (χ1) is 9.29. The summed E-state index contributed by atoms with van der Waals surface area (Å²) in [5.74, 6) is 0.193. The fourth-order valence-electron chi connectivity index (χ4n) is 2.41. The molecule has 0 atom stereocenters. The summed E-state index contributed by atoms with van der Waals surface area (Å²) in [6.45, 7) is 2.92. The number of rotatable bonds is 5. The van der Waals surface area contributed by atoms with Crippen LogP contribution in [0.15, 0.2) is 24.3 Å². The number of carbonyl (C=O) groups is 1. The molecule has 1 heterocycles. The van der Waals surface area contributed by atoms with Gasteiger partial charge in [-0.1, -0.05) is 24.3 Å². The zero-order valence-corrected chi connectivity index (χ0v) is 11.3. The second kappa shape index (κ2) is 7.26. The summed E-state index contributed by atoms with van der Waals surface area (Å²) in [5, 5.41) is 12.2. The Hall–Kier alpha value is -1.39. The van der Waals surface area contributed by atoms with E-state index in [4.69, 9.17) is 5.11 Å². The quantitative estimate of drug-likeness (QED) is 0.840. The van der Waals surface area contributed by atoms with Crippen molar-refractivity contribution in [2.75, 3.05) is 19.6 Å². The number of aliphatic hydroxyl groups is 1. The molecule has 0 aromatic heterocycles. The lowest BCUT2D eigenvalue weighted by Crippen LogP contribution is -2.40. The Morgan fingerprint density at radius 2 is 1.95 bits per heavy atom. The van der Waals surface area contributed by atoms with Crippen LogP contribution in [-0.4, -0.2) is 35.5 Å². The lowest BCUT2D eigenvalue weighted by molar-refractivity contribution is -0.131. The van der Waals surface area contributed by atoms with E-state index in [-0.39, 0.29) is 12.5 Å². The smallest absolute Gasteiger partial charge is 0.236 e. The van der Waals surface area contributed by atoms with Crippen molar-refractivity contribution in [2.24, 2.45) is 0 Å². The molecule has 19 heavy (non-hydrogen) atoms. The van der Waals surface area contributed by atoms with E-state index in [9.17, 15) is 4.79 Å². The van der Waals surface area contributed by atoms with E-state index in [1.165, 1.54) is 6.42 Å². The average Bonchev–Trinajstić information content (AvgIpc) is 2.48. The highest BCUT2D eigenvalue weighted by molar-refractivity contribution is 5.78. The molecule has 1 aliphatic rings. The second-order valence-electron chi connectivity index (χ2n) is 5.02. The minimum absolute atomic E-state index is 0.0561. The standard InChI is InChI=1S/C15H22N2O2/c18-12-14-6-4-5-13(9-14)10-16-11-15(19)17-7-2-1-3-8-17/h4-6,9,16,18H,1-3,7-8,10-12H2. The van der Waals surface area contributed by atoms with Crippen LogP contribution in [-0.2, 0) is 17.9 Å². The monoisotopic (exact) mass is 262 g/mol. The molecule has 0 unspecified atom stereocenters. The van der Waals surface area contributed by atoms with Gasteiger partial charge in [0, 0.05) is 19.6 Å². The molecule has 104 valence electrons. The van der Waals surface area contributed by atoms with Crippen LogP contribution >= 0.6 is 0 Å². The van der Waals surface area contributed by atoms with Gasteiger partial charge < -0.3 is 15.3 Å². The number of nitrogens with zero attached hydrogens (tertiary/aromatic N) is 1. The van der Waals surface area contributed by atoms with Gasteiger partial charge in [0.2, 0.25) is 5.91 Å². The lowest BCUT2D eigenvalue weighted by atomic mass is 10.1. The van der Waals surface area contributed by atoms with Crippen molar-refractivity contribution in [1.29, 1.82) is 0 Å². The van der Waals surface area contributed by atoms with Crippen LogP contribution in [0, 0.1) is 0 Å². The molecule has 1 aliphatic heterocycles. The maximum Gasteiger partial charge on any atom is 0.236 e. The molecule has 4 heteroatoms. The van der Waals surface area contributed by atoms with E-state index in [0.717, 1.165) is 37.1 Å². The Kier molecular flexibility index (Phi) is 5.36. The van der Waals surface area contributed by atoms with E-state index < -0.39 is 0 Å². The van der Waals surface area contributed by atoms with Gasteiger partial charge in [0.05, 0.1) is 13.2 Å². The van der Waals surface area contributed by atoms with Crippen LogP contribution in [0.1, 0.15) is 30.4 Å². The first kappa shape index (κ1) is 14.0. The second-order valence-corrected chi connectivity index (χ2v) is 5.02. The van der Waals surface area contributed by atoms with Crippen LogP contribution in [0.25, 0.3) is 0 Å². The van der Waals surface area contributed by atoms with Gasteiger partial charge in [0.15, 0.2) is 0 Å². The number of hydrogen-bond acceptors (Lipinski definition) is 3. The van der Waals surface area contributed by atoms with Crippen molar-refractivity contribution in [1.82, 2.24) is 10.2 Å². The number of benzene rings is 1. The van der Waals surface area contributed by atoms with Crippen molar-refractivity contribution in [3.05, 3.63) is 35.4 Å². The van der Waals surface area contributed by atoms with Gasteiger partial charge in [-0.3, -0.25) is 4.79 Å². The molecule has 4 nitrogen and oxygen atoms in total. The fourth-order valence-corrected chi connectivity index (χ4v) is 2.41. The SMILES string of the molecule is O=C(CNCc1cccc(CO)c1)N1CCCCC1. The Bertz CT molecular complexity index is 414. The Morgan fingerprint density at radius 3 is 2.68 bits per heavy atom. The third-order valence-electron chi connectivity index (χ3n) is 3.49. The zero-order valence-electron chi connectivity index (χ0n) is 11.3. The van der Waals surface area contributed by atoms with Crippen LogP contribution in [0.5, 0.6) is 0 Å². The first-order valence-corrected chi connectivity index (χ1v) is 6.97. The Balaban J connectivity index is 1.74. The van der Waals surface area contributed by atoms with Gasteiger partial charge in [-0.2, -0.15) is 0 Å². The molecule has 2 rings (SSSR count). The van der Waals surface area contributed by atoms with Gasteiger partial charge in [-0.25, -0.2) is 0 Å². The summed E-state index contributed by atoms with van der Waals surface area (Å²) >= 11 is 0. The van der Waals surface area contributed by atoms with Crippen molar-refractivity contribution >= 4 is 5.91 Å². The molecule has 1 fully saturated rings. The molecule has 0 spiro atoms. The number of likely N-dealkylation sites (tertiary alicyclic amines) is 1. The lowest BCUT2D eigenvalue weighted by Gasteiger charge is -2.26. The van der Waals surface area contributed by atoms with Crippen LogP contribution in [0.2, 0.25) is 0 Å². The predicted molar refractivity (Wildman–Crippen MR) is 74.5 cm³/mol. The van der Waals surface area contributed by atoms with Crippen LogP contribution in [0.4, 0.5) is 0 Å². The maximum absolute atomic E-state index is 11.9. The molecule has 2 N–H and O–H groups in total. The Labute approximate surface area is 114 Å². The van der Waals surface area contributed by atoms with Crippen LogP contribution in [0.3, 0.4) is 0 Å². The van der Waals surface area contributed by atoms with Gasteiger partial charge >= 0.3 is 0 Å². The van der Waals surface area contributed by atoms with E-state index in [0.29, 0.717) is 13.1 Å². The molecule has 0 aliphatic carbocycles. The molecule has 1 amide bonds. The van der Waals surface area contributed by atoms with Crippen molar-refractivity contribution in [3.63, 3.8) is 0 Å². The largest absolute Gasteiger partial charge is 0.392 e. The average molecular weight is 262 g/mol. The van der Waals surface area contributed by atoms with Gasteiger partial charge in [-0.15, -0.1) is 0 Å². The molecule has 1 saturated heterocycles. The molecule has 1 aromatic rings. The number of nitrogens with one attached hydrogen (secondary N) is 1. The molecule has 0 saturated carbocycles. The molecular formula is C15H22N2O2. The highest BCUT2D eigenvalue weighted by Gasteiger charge is 2.15. The molecule has 0 bridgehead atoms. The third-order valence-corrected chi connectivity index (χ3v) is 3.49. The third kappa shape index (κ3) is 4.33. The minimum atomic E-state index is 0.0561. The molecular weight excluding hydrogens is 240 g/mol. The van der Waals surface area contributed by atoms with Gasteiger partial charge in [0.25, 0.3) is 0 Å². The molecule has 0 radical (unpaired) electrons. The van der Waals surface area contributed by atoms with E-state index in [1.807, 2.05) is 29.2 Å². The number of piperidine rings is 1. The summed E-state index contributed by atoms with van der Waals surface area (Å²) in [5.41, 5.74) is 2.00. The summed E-state index contributed by atoms with van der Waals surface area (Å²) in [6, 6.07) is 7.77. The van der Waals surface area contributed by atoms with E-state index >= 15 is 0 Å². The van der Waals surface area contributed by atoms with E-state index in [2.05, 4.69) is 5.32 Å². The molecule has 1 aromatic carbocycles. The Morgan fingerprint density at radius 1 is 1.21 bits per heavy atom. The van der Waals surface area contributed by atoms with Gasteiger partial charge in [-0.05, 0) is 30.4 Å². The number of aliphatic hydroxyl groups excluding tert-OH is 1. The minimum Gasteiger partial charge on any atom is -0.392 e.